The number of aromatic nitrogens is 3. The molecule has 144 valence electrons. The first-order chi connectivity index (χ1) is 13.4. The number of carbonyl (C=O) groups excluding carboxylic acids is 1. The van der Waals surface area contributed by atoms with Crippen LogP contribution in [0.1, 0.15) is 21.9 Å². The summed E-state index contributed by atoms with van der Waals surface area (Å²) in [5.74, 6) is -0.491. The zero-order chi connectivity index (χ0) is 20.3. The molecule has 2 heterocycles. The minimum Gasteiger partial charge on any atom is -0.477 e. The summed E-state index contributed by atoms with van der Waals surface area (Å²) >= 11 is 6.92. The molecule has 3 aromatic rings. The van der Waals surface area contributed by atoms with Crippen molar-refractivity contribution in [3.8, 4) is 11.3 Å². The molecular weight excluding hydrogens is 406 g/mol. The van der Waals surface area contributed by atoms with E-state index in [0.29, 0.717) is 22.2 Å². The lowest BCUT2D eigenvalue weighted by atomic mass is 10.1. The summed E-state index contributed by atoms with van der Waals surface area (Å²) in [4.78, 5) is 27.6. The molecule has 0 spiro atoms. The van der Waals surface area contributed by atoms with Crippen LogP contribution in [0.3, 0.4) is 0 Å². The van der Waals surface area contributed by atoms with Gasteiger partial charge in [-0.2, -0.15) is 0 Å². The van der Waals surface area contributed by atoms with E-state index in [4.69, 9.17) is 20.8 Å². The van der Waals surface area contributed by atoms with Crippen molar-refractivity contribution in [2.24, 2.45) is 0 Å². The normalized spacial score (nSPS) is 11.5. The van der Waals surface area contributed by atoms with Crippen molar-refractivity contribution in [1.82, 2.24) is 15.2 Å². The maximum absolute atomic E-state index is 12.0. The molecule has 8 nitrogen and oxygen atoms in total. The monoisotopic (exact) mass is 419 g/mol. The highest BCUT2D eigenvalue weighted by atomic mass is 35.5. The van der Waals surface area contributed by atoms with E-state index in [2.05, 4.69) is 15.2 Å². The van der Waals surface area contributed by atoms with Gasteiger partial charge in [-0.3, -0.25) is 5.10 Å². The Balaban J connectivity index is 1.95. The number of hydrogen-bond donors (Lipinski definition) is 2. The van der Waals surface area contributed by atoms with Crippen LogP contribution in [0.2, 0.25) is 5.02 Å². The Morgan fingerprint density at radius 1 is 1.32 bits per heavy atom. The first-order valence-corrected chi connectivity index (χ1v) is 9.06. The van der Waals surface area contributed by atoms with E-state index in [1.165, 1.54) is 19.3 Å². The van der Waals surface area contributed by atoms with Crippen LogP contribution >= 0.6 is 23.4 Å². The summed E-state index contributed by atoms with van der Waals surface area (Å²) in [5.41, 5.74) is 0.717. The number of benzene rings is 1. The maximum Gasteiger partial charge on any atom is 0.342 e. The standard InChI is InChI=1S/C18H14ClN3O5S/c1-9-20-18(22-21-9)28-15(16(23)24)8-11-4-6-14(27-11)13-7-10(19)3-5-12(13)17(25)26-2/h3-8H,1-2H3,(H,23,24)(H,20,21,22)/b15-8+. The fourth-order valence-electron chi connectivity index (χ4n) is 2.31. The van der Waals surface area contributed by atoms with Crippen LogP contribution in [0.25, 0.3) is 17.4 Å². The number of carboxylic acid groups (broad SMARTS) is 1. The van der Waals surface area contributed by atoms with E-state index in [-0.39, 0.29) is 21.4 Å². The minimum atomic E-state index is -1.15. The molecule has 0 amide bonds. The second-order valence-electron chi connectivity index (χ2n) is 5.50. The van der Waals surface area contributed by atoms with Gasteiger partial charge in [-0.15, -0.1) is 5.10 Å². The number of aryl methyl sites for hydroxylation is 1. The Labute approximate surface area is 168 Å². The van der Waals surface area contributed by atoms with Crippen molar-refractivity contribution >= 4 is 41.4 Å². The third kappa shape index (κ3) is 4.44. The number of nitrogens with zero attached hydrogens (tertiary/aromatic N) is 2. The first-order valence-electron chi connectivity index (χ1n) is 7.87. The fraction of sp³-hybridized carbons (Fsp3) is 0.111. The zero-order valence-corrected chi connectivity index (χ0v) is 16.3. The number of H-pyrrole nitrogens is 1. The van der Waals surface area contributed by atoms with E-state index in [9.17, 15) is 14.7 Å². The predicted octanol–water partition coefficient (Wildman–Crippen LogP) is 4.03. The molecule has 3 rings (SSSR count). The number of hydrogen-bond acceptors (Lipinski definition) is 7. The van der Waals surface area contributed by atoms with Crippen LogP contribution in [0.4, 0.5) is 0 Å². The van der Waals surface area contributed by atoms with Gasteiger partial charge in [0.25, 0.3) is 0 Å². The third-order valence-corrected chi connectivity index (χ3v) is 4.65. The highest BCUT2D eigenvalue weighted by molar-refractivity contribution is 8.04. The number of carbonyl (C=O) groups is 2. The van der Waals surface area contributed by atoms with Crippen LogP contribution in [0.15, 0.2) is 44.8 Å². The smallest absolute Gasteiger partial charge is 0.342 e. The number of aliphatic carboxylic acids is 1. The van der Waals surface area contributed by atoms with Crippen LogP contribution in [-0.4, -0.2) is 39.3 Å². The lowest BCUT2D eigenvalue weighted by Crippen LogP contribution is -2.03. The van der Waals surface area contributed by atoms with Crippen molar-refractivity contribution in [1.29, 1.82) is 0 Å². The summed E-state index contributed by atoms with van der Waals surface area (Å²) in [6, 6.07) is 7.88. The molecule has 0 radical (unpaired) electrons. The van der Waals surface area contributed by atoms with Gasteiger partial charge >= 0.3 is 11.9 Å². The summed E-state index contributed by atoms with van der Waals surface area (Å²) in [7, 11) is 1.28. The van der Waals surface area contributed by atoms with Crippen molar-refractivity contribution in [3.05, 3.63) is 57.4 Å². The number of furan rings is 1. The number of methoxy groups -OCH3 is 1. The SMILES string of the molecule is COC(=O)c1ccc(Cl)cc1-c1ccc(/C=C(/Sc2n[nH]c(C)n2)C(=O)O)o1. The fourth-order valence-corrected chi connectivity index (χ4v) is 3.22. The van der Waals surface area contributed by atoms with E-state index in [0.717, 1.165) is 11.8 Å². The largest absolute Gasteiger partial charge is 0.477 e. The number of aromatic amines is 1. The van der Waals surface area contributed by atoms with Crippen molar-refractivity contribution < 1.29 is 23.8 Å². The summed E-state index contributed by atoms with van der Waals surface area (Å²) in [6.45, 7) is 1.71. The zero-order valence-electron chi connectivity index (χ0n) is 14.7. The van der Waals surface area contributed by atoms with E-state index < -0.39 is 11.9 Å². The van der Waals surface area contributed by atoms with E-state index >= 15 is 0 Å². The molecule has 0 aliphatic carbocycles. The van der Waals surface area contributed by atoms with Gasteiger partial charge in [-0.1, -0.05) is 11.6 Å². The Kier molecular flexibility index (Phi) is 5.86. The molecule has 2 aromatic heterocycles. The van der Waals surface area contributed by atoms with Crippen LogP contribution in [0, 0.1) is 6.92 Å². The molecule has 0 unspecified atom stereocenters. The Morgan fingerprint density at radius 3 is 2.75 bits per heavy atom. The van der Waals surface area contributed by atoms with Gasteiger partial charge in [0.15, 0.2) is 0 Å². The maximum atomic E-state index is 12.0. The average Bonchev–Trinajstić information content (AvgIpc) is 3.29. The number of rotatable bonds is 6. The molecule has 0 bridgehead atoms. The lowest BCUT2D eigenvalue weighted by Gasteiger charge is -2.06. The average molecular weight is 420 g/mol. The van der Waals surface area contributed by atoms with E-state index in [1.54, 1.807) is 31.2 Å². The molecule has 0 aliphatic rings. The Morgan fingerprint density at radius 2 is 2.11 bits per heavy atom. The molecule has 10 heteroatoms. The highest BCUT2D eigenvalue weighted by Gasteiger charge is 2.18. The number of carboxylic acids is 1. The van der Waals surface area contributed by atoms with Crippen LogP contribution < -0.4 is 0 Å². The van der Waals surface area contributed by atoms with Gasteiger partial charge in [-0.05, 0) is 49.0 Å². The summed E-state index contributed by atoms with van der Waals surface area (Å²) in [6.07, 6.45) is 1.35. The van der Waals surface area contributed by atoms with E-state index in [1.807, 2.05) is 0 Å². The Bertz CT molecular complexity index is 1070. The molecule has 0 atom stereocenters. The predicted molar refractivity (Wildman–Crippen MR) is 103 cm³/mol. The van der Waals surface area contributed by atoms with Gasteiger partial charge in [0.05, 0.1) is 12.7 Å². The summed E-state index contributed by atoms with van der Waals surface area (Å²) < 4.78 is 10.5. The van der Waals surface area contributed by atoms with Gasteiger partial charge in [0, 0.05) is 16.7 Å². The number of halogens is 1. The molecule has 0 aliphatic heterocycles. The first kappa shape index (κ1) is 19.7. The second kappa shape index (κ2) is 8.32. The van der Waals surface area contributed by atoms with Crippen molar-refractivity contribution in [3.63, 3.8) is 0 Å². The van der Waals surface area contributed by atoms with Crippen molar-refractivity contribution in [2.45, 2.75) is 12.1 Å². The molecule has 0 fully saturated rings. The van der Waals surface area contributed by atoms with Gasteiger partial charge in [0.1, 0.15) is 22.3 Å². The number of nitrogens with one attached hydrogen (secondary N) is 1. The highest BCUT2D eigenvalue weighted by Crippen LogP contribution is 2.31. The minimum absolute atomic E-state index is 0.0285. The molecule has 1 aromatic carbocycles. The molecule has 28 heavy (non-hydrogen) atoms. The Hall–Kier alpha value is -3.04. The molecule has 2 N–H and O–H groups in total. The summed E-state index contributed by atoms with van der Waals surface area (Å²) in [5, 5.41) is 16.7. The molecular formula is C18H14ClN3O5S. The van der Waals surface area contributed by atoms with Gasteiger partial charge < -0.3 is 14.3 Å². The molecule has 0 saturated heterocycles. The number of thioether (sulfide) groups is 1. The van der Waals surface area contributed by atoms with Crippen molar-refractivity contribution in [2.75, 3.05) is 7.11 Å². The van der Waals surface area contributed by atoms with Crippen LogP contribution in [-0.2, 0) is 9.53 Å². The molecule has 0 saturated carbocycles. The topological polar surface area (TPSA) is 118 Å². The second-order valence-corrected chi connectivity index (χ2v) is 6.95. The third-order valence-electron chi connectivity index (χ3n) is 3.54. The number of esters is 1. The van der Waals surface area contributed by atoms with Gasteiger partial charge in [-0.25, -0.2) is 14.6 Å². The van der Waals surface area contributed by atoms with Crippen LogP contribution in [0.5, 0.6) is 0 Å². The lowest BCUT2D eigenvalue weighted by molar-refractivity contribution is -0.131. The van der Waals surface area contributed by atoms with Gasteiger partial charge in [0.2, 0.25) is 5.16 Å². The quantitative estimate of drug-likeness (QED) is 0.349. The number of ether oxygens (including phenoxy) is 1.